The summed E-state index contributed by atoms with van der Waals surface area (Å²) in [5, 5.41) is 20.4. The first-order valence-corrected chi connectivity index (χ1v) is 3.46. The number of hydrogen-bond acceptors (Lipinski definition) is 4. The van der Waals surface area contributed by atoms with Crippen LogP contribution in [0.3, 0.4) is 0 Å². The van der Waals surface area contributed by atoms with E-state index in [1.54, 1.807) is 0 Å². The molecule has 0 unspecified atom stereocenters. The van der Waals surface area contributed by atoms with Crippen LogP contribution in [-0.4, -0.2) is 11.9 Å². The highest BCUT2D eigenvalue weighted by Crippen LogP contribution is 2.19. The van der Waals surface area contributed by atoms with E-state index in [-0.39, 0.29) is 18.4 Å². The molecule has 6 nitrogen and oxygen atoms in total. The smallest absolute Gasteiger partial charge is 0.170 e. The number of aromatic carboxylic acids is 2. The highest BCUT2D eigenvalue weighted by molar-refractivity contribution is 5.92. The van der Waals surface area contributed by atoms with E-state index in [1.807, 2.05) is 0 Å². The lowest BCUT2D eigenvalue weighted by Gasteiger charge is -2.11. The number of hydrogen-bond donors (Lipinski definition) is 2. The molecule has 0 heterocycles. The molecule has 1 aromatic carbocycles. The molecule has 0 radical (unpaired) electrons. The molecule has 0 amide bonds. The minimum absolute atomic E-state index is 0. The molecule has 0 bridgehead atoms. The van der Waals surface area contributed by atoms with Gasteiger partial charge in [-0.1, -0.05) is 0 Å². The predicted molar refractivity (Wildman–Crippen MR) is 46.9 cm³/mol. The zero-order valence-corrected chi connectivity index (χ0v) is 8.84. The summed E-state index contributed by atoms with van der Waals surface area (Å²) in [5.74, 6) is -10.3. The van der Waals surface area contributed by atoms with Gasteiger partial charge in [0, 0.05) is 5.56 Å². The Labute approximate surface area is 92.8 Å². The van der Waals surface area contributed by atoms with Crippen molar-refractivity contribution in [3.63, 3.8) is 0 Å². The molecule has 0 atom stereocenters. The summed E-state index contributed by atoms with van der Waals surface area (Å²) in [6.07, 6.45) is 0. The van der Waals surface area contributed by atoms with E-state index >= 15 is 0 Å². The molecule has 1 rings (SSSR count). The third-order valence-corrected chi connectivity index (χ3v) is 1.58. The zero-order chi connectivity index (χ0) is 11.7. The van der Waals surface area contributed by atoms with Crippen LogP contribution < -0.4 is 22.5 Å². The van der Waals surface area contributed by atoms with Gasteiger partial charge in [-0.25, -0.2) is 13.2 Å². The normalized spacial score (nSPS) is 8.88. The minimum atomic E-state index is -2.35. The first-order valence-electron chi connectivity index (χ1n) is 3.46. The van der Waals surface area contributed by atoms with E-state index in [1.165, 1.54) is 0 Å². The van der Waals surface area contributed by atoms with Crippen LogP contribution in [0.2, 0.25) is 0 Å². The fraction of sp³-hybridized carbons (Fsp3) is 0. The van der Waals surface area contributed by atoms with E-state index < -0.39 is 40.5 Å². The highest BCUT2D eigenvalue weighted by atomic mass is 19.2. The number of rotatable bonds is 2. The van der Waals surface area contributed by atoms with E-state index in [9.17, 15) is 33.0 Å². The first kappa shape index (κ1) is 17.3. The molecule has 8 N–H and O–H groups in total. The summed E-state index contributed by atoms with van der Waals surface area (Å²) in [5.41, 5.74) is -3.15. The van der Waals surface area contributed by atoms with Crippen molar-refractivity contribution in [3.8, 4) is 0 Å². The SMILES string of the molecule is O=C([O-])c1cc(F)c(F)c(C(=O)[O-])c1F.[NH4+].[NH4+]. The average molecular weight is 254 g/mol. The topological polar surface area (TPSA) is 153 Å². The van der Waals surface area contributed by atoms with Gasteiger partial charge in [-0.2, -0.15) is 0 Å². The first-order chi connectivity index (χ1) is 6.86. The lowest BCUT2D eigenvalue weighted by Crippen LogP contribution is -2.29. The Morgan fingerprint density at radius 3 is 1.76 bits per heavy atom. The third kappa shape index (κ3) is 2.92. The van der Waals surface area contributed by atoms with Crippen LogP contribution in [0, 0.1) is 17.5 Å². The maximum Gasteiger partial charge on any atom is 0.170 e. The molecule has 0 aliphatic carbocycles. The Kier molecular flexibility index (Phi) is 5.91. The van der Waals surface area contributed by atoms with Crippen molar-refractivity contribution >= 4 is 11.9 Å². The largest absolute Gasteiger partial charge is 0.545 e. The van der Waals surface area contributed by atoms with E-state index in [2.05, 4.69) is 0 Å². The van der Waals surface area contributed by atoms with Crippen LogP contribution in [0.4, 0.5) is 13.2 Å². The van der Waals surface area contributed by atoms with Crippen LogP contribution in [0.15, 0.2) is 6.07 Å². The van der Waals surface area contributed by atoms with Crippen LogP contribution in [0.1, 0.15) is 20.7 Å². The van der Waals surface area contributed by atoms with Crippen molar-refractivity contribution in [1.82, 2.24) is 12.3 Å². The van der Waals surface area contributed by atoms with Crippen LogP contribution in [-0.2, 0) is 0 Å². The van der Waals surface area contributed by atoms with E-state index in [0.29, 0.717) is 0 Å². The number of quaternary nitrogens is 2. The fourth-order valence-electron chi connectivity index (χ4n) is 0.932. The molecular weight excluding hydrogens is 245 g/mol. The molecule has 0 spiro atoms. The quantitative estimate of drug-likeness (QED) is 0.688. The van der Waals surface area contributed by atoms with Gasteiger partial charge in [-0.15, -0.1) is 0 Å². The molecule has 0 aromatic heterocycles. The molecule has 0 aliphatic heterocycles. The molecule has 0 saturated carbocycles. The molecular formula is C8H9F3N2O4. The van der Waals surface area contributed by atoms with Gasteiger partial charge in [0.1, 0.15) is 5.82 Å². The number of carboxylic acids is 2. The summed E-state index contributed by atoms with van der Waals surface area (Å²) in [7, 11) is 0. The summed E-state index contributed by atoms with van der Waals surface area (Å²) < 4.78 is 38.3. The molecule has 1 aromatic rings. The Bertz CT molecular complexity index is 465. The lowest BCUT2D eigenvalue weighted by molar-refractivity contribution is -0.255. The number of benzene rings is 1. The van der Waals surface area contributed by atoms with Crippen LogP contribution >= 0.6 is 0 Å². The summed E-state index contributed by atoms with van der Waals surface area (Å²) >= 11 is 0. The zero-order valence-electron chi connectivity index (χ0n) is 8.84. The maximum absolute atomic E-state index is 13.0. The van der Waals surface area contributed by atoms with Gasteiger partial charge < -0.3 is 32.1 Å². The van der Waals surface area contributed by atoms with Crippen molar-refractivity contribution in [1.29, 1.82) is 0 Å². The van der Waals surface area contributed by atoms with Gasteiger partial charge in [0.15, 0.2) is 11.6 Å². The third-order valence-electron chi connectivity index (χ3n) is 1.58. The van der Waals surface area contributed by atoms with Gasteiger partial charge in [-0.3, -0.25) is 0 Å². The highest BCUT2D eigenvalue weighted by Gasteiger charge is 2.19. The molecule has 0 aliphatic rings. The minimum Gasteiger partial charge on any atom is -0.545 e. The second kappa shape index (κ2) is 5.82. The number of carboxylic acid groups (broad SMARTS) is 2. The number of carbonyl (C=O) groups is 2. The van der Waals surface area contributed by atoms with Gasteiger partial charge in [0.25, 0.3) is 0 Å². The number of carbonyl (C=O) groups excluding carboxylic acids is 2. The van der Waals surface area contributed by atoms with E-state index in [0.717, 1.165) is 0 Å². The number of halogens is 3. The second-order valence-electron chi connectivity index (χ2n) is 2.48. The second-order valence-corrected chi connectivity index (χ2v) is 2.48. The monoisotopic (exact) mass is 254 g/mol. The van der Waals surface area contributed by atoms with Crippen molar-refractivity contribution < 1.29 is 33.0 Å². The standard InChI is InChI=1S/C8H3F3O4.2H3N/c9-3-1-2(7(12)13)5(10)4(6(3)11)8(14)15;;/h1H,(H,12,13)(H,14,15);2*1H3. The lowest BCUT2D eigenvalue weighted by atomic mass is 10.1. The Morgan fingerprint density at radius 2 is 1.41 bits per heavy atom. The summed E-state index contributed by atoms with van der Waals surface area (Å²) in [4.78, 5) is 20.4. The van der Waals surface area contributed by atoms with Crippen molar-refractivity contribution in [2.45, 2.75) is 0 Å². The van der Waals surface area contributed by atoms with Gasteiger partial charge >= 0.3 is 0 Å². The van der Waals surface area contributed by atoms with Gasteiger partial charge in [0.05, 0.1) is 17.5 Å². The molecule has 17 heavy (non-hydrogen) atoms. The van der Waals surface area contributed by atoms with Crippen molar-refractivity contribution in [3.05, 3.63) is 34.6 Å². The van der Waals surface area contributed by atoms with Crippen LogP contribution in [0.5, 0.6) is 0 Å². The van der Waals surface area contributed by atoms with Crippen molar-refractivity contribution in [2.75, 3.05) is 0 Å². The summed E-state index contributed by atoms with van der Waals surface area (Å²) in [6.45, 7) is 0. The Morgan fingerprint density at radius 1 is 0.941 bits per heavy atom. The Balaban J connectivity index is 0. The van der Waals surface area contributed by atoms with E-state index in [4.69, 9.17) is 0 Å². The fourth-order valence-corrected chi connectivity index (χ4v) is 0.932. The van der Waals surface area contributed by atoms with Crippen molar-refractivity contribution in [2.24, 2.45) is 0 Å². The van der Waals surface area contributed by atoms with Crippen LogP contribution in [0.25, 0.3) is 0 Å². The maximum atomic E-state index is 13.0. The van der Waals surface area contributed by atoms with Gasteiger partial charge in [0.2, 0.25) is 0 Å². The predicted octanol–water partition coefficient (Wildman–Crippen LogP) is -0.417. The average Bonchev–Trinajstić information content (AvgIpc) is 2.10. The molecule has 0 fully saturated rings. The molecule has 9 heteroatoms. The Hall–Kier alpha value is -2.13. The van der Waals surface area contributed by atoms with Gasteiger partial charge in [-0.05, 0) is 6.07 Å². The summed E-state index contributed by atoms with van der Waals surface area (Å²) in [6, 6.07) is -0.00750. The molecule has 0 saturated heterocycles. The molecule has 96 valence electrons.